The molecule has 20 heavy (non-hydrogen) atoms. The average molecular weight is 273 g/mol. The maximum absolute atomic E-state index is 3.38. The van der Waals surface area contributed by atoms with Crippen molar-refractivity contribution in [2.24, 2.45) is 0 Å². The van der Waals surface area contributed by atoms with Gasteiger partial charge in [0, 0.05) is 37.9 Å². The lowest BCUT2D eigenvalue weighted by molar-refractivity contribution is 0.273. The number of nitrogens with zero attached hydrogens (tertiary/aromatic N) is 2. The second kappa shape index (κ2) is 6.59. The van der Waals surface area contributed by atoms with E-state index in [1.807, 2.05) is 0 Å². The number of anilines is 1. The zero-order chi connectivity index (χ0) is 13.8. The second-order valence-electron chi connectivity index (χ2n) is 6.08. The summed E-state index contributed by atoms with van der Waals surface area (Å²) in [5.74, 6) is 0. The lowest BCUT2D eigenvalue weighted by Crippen LogP contribution is -2.36. The fraction of sp³-hybridized carbons (Fsp3) is 0.647. The van der Waals surface area contributed by atoms with Crippen LogP contribution in [0, 0.1) is 0 Å². The van der Waals surface area contributed by atoms with Gasteiger partial charge < -0.3 is 10.2 Å². The van der Waals surface area contributed by atoms with E-state index in [0.717, 1.165) is 19.1 Å². The molecule has 3 rings (SSSR count). The molecule has 2 fully saturated rings. The quantitative estimate of drug-likeness (QED) is 0.909. The van der Waals surface area contributed by atoms with Crippen molar-refractivity contribution in [1.29, 1.82) is 0 Å². The normalized spacial score (nSPS) is 23.6. The van der Waals surface area contributed by atoms with Crippen LogP contribution < -0.4 is 10.2 Å². The van der Waals surface area contributed by atoms with Crippen molar-refractivity contribution in [3.63, 3.8) is 0 Å². The minimum Gasteiger partial charge on any atom is -0.370 e. The first-order valence-corrected chi connectivity index (χ1v) is 8.15. The molecule has 0 aromatic heterocycles. The Bertz CT molecular complexity index is 415. The molecule has 0 spiro atoms. The summed E-state index contributed by atoms with van der Waals surface area (Å²) in [5.41, 5.74) is 2.78. The SMILES string of the molecule is CCNCc1ccc(N2CCCN3CCCC3C2)cc1. The predicted molar refractivity (Wildman–Crippen MR) is 85.2 cm³/mol. The highest BCUT2D eigenvalue weighted by molar-refractivity contribution is 5.48. The number of rotatable bonds is 4. The topological polar surface area (TPSA) is 18.5 Å². The summed E-state index contributed by atoms with van der Waals surface area (Å²) in [5, 5.41) is 3.38. The van der Waals surface area contributed by atoms with Crippen LogP contribution in [0.4, 0.5) is 5.69 Å². The van der Waals surface area contributed by atoms with Crippen molar-refractivity contribution in [1.82, 2.24) is 10.2 Å². The summed E-state index contributed by atoms with van der Waals surface area (Å²) in [6, 6.07) is 9.94. The molecule has 0 radical (unpaired) electrons. The van der Waals surface area contributed by atoms with Crippen molar-refractivity contribution in [2.45, 2.75) is 38.8 Å². The minimum atomic E-state index is 0.791. The third kappa shape index (κ3) is 3.15. The molecule has 1 aromatic carbocycles. The van der Waals surface area contributed by atoms with E-state index in [0.29, 0.717) is 0 Å². The zero-order valence-corrected chi connectivity index (χ0v) is 12.6. The minimum absolute atomic E-state index is 0.791. The number of nitrogens with one attached hydrogen (secondary N) is 1. The van der Waals surface area contributed by atoms with E-state index in [4.69, 9.17) is 0 Å². The Labute approximate surface area is 123 Å². The molecule has 2 aliphatic heterocycles. The molecule has 1 aromatic rings. The molecule has 1 N–H and O–H groups in total. The summed E-state index contributed by atoms with van der Waals surface area (Å²) in [7, 11) is 0. The average Bonchev–Trinajstić information content (AvgIpc) is 2.83. The molecular weight excluding hydrogens is 246 g/mol. The van der Waals surface area contributed by atoms with Crippen LogP contribution in [0.25, 0.3) is 0 Å². The Kier molecular flexibility index (Phi) is 4.58. The molecule has 3 nitrogen and oxygen atoms in total. The van der Waals surface area contributed by atoms with E-state index in [9.17, 15) is 0 Å². The van der Waals surface area contributed by atoms with Crippen LogP contribution >= 0.6 is 0 Å². The van der Waals surface area contributed by atoms with Crippen LogP contribution in [-0.4, -0.2) is 43.7 Å². The van der Waals surface area contributed by atoms with Gasteiger partial charge in [-0.1, -0.05) is 19.1 Å². The van der Waals surface area contributed by atoms with Gasteiger partial charge in [-0.05, 0) is 50.0 Å². The first-order valence-electron chi connectivity index (χ1n) is 8.15. The Hall–Kier alpha value is -1.06. The summed E-state index contributed by atoms with van der Waals surface area (Å²) in [6.07, 6.45) is 4.07. The molecule has 0 aliphatic carbocycles. The van der Waals surface area contributed by atoms with E-state index in [1.165, 1.54) is 56.7 Å². The fourth-order valence-electron chi connectivity index (χ4n) is 3.54. The molecule has 0 bridgehead atoms. The van der Waals surface area contributed by atoms with Crippen LogP contribution in [0.15, 0.2) is 24.3 Å². The van der Waals surface area contributed by atoms with Crippen LogP contribution in [-0.2, 0) is 6.54 Å². The summed E-state index contributed by atoms with van der Waals surface area (Å²) in [4.78, 5) is 5.28. The Morgan fingerprint density at radius 3 is 2.70 bits per heavy atom. The van der Waals surface area contributed by atoms with E-state index in [2.05, 4.69) is 46.3 Å². The molecule has 2 heterocycles. The van der Waals surface area contributed by atoms with Gasteiger partial charge in [-0.3, -0.25) is 4.90 Å². The Morgan fingerprint density at radius 1 is 1.10 bits per heavy atom. The third-order valence-corrected chi connectivity index (χ3v) is 4.68. The monoisotopic (exact) mass is 273 g/mol. The maximum Gasteiger partial charge on any atom is 0.0366 e. The summed E-state index contributed by atoms with van der Waals surface area (Å²) >= 11 is 0. The van der Waals surface area contributed by atoms with Gasteiger partial charge in [0.2, 0.25) is 0 Å². The van der Waals surface area contributed by atoms with Crippen molar-refractivity contribution in [3.8, 4) is 0 Å². The molecule has 3 heteroatoms. The van der Waals surface area contributed by atoms with Crippen LogP contribution in [0.1, 0.15) is 31.7 Å². The van der Waals surface area contributed by atoms with Gasteiger partial charge in [-0.25, -0.2) is 0 Å². The molecule has 0 saturated carbocycles. The van der Waals surface area contributed by atoms with Crippen LogP contribution in [0.2, 0.25) is 0 Å². The van der Waals surface area contributed by atoms with Gasteiger partial charge in [0.1, 0.15) is 0 Å². The first kappa shape index (κ1) is 13.9. The molecule has 110 valence electrons. The fourth-order valence-corrected chi connectivity index (χ4v) is 3.54. The third-order valence-electron chi connectivity index (χ3n) is 4.68. The van der Waals surface area contributed by atoms with Gasteiger partial charge in [0.05, 0.1) is 0 Å². The molecular formula is C17H27N3. The molecule has 0 amide bonds. The summed E-state index contributed by atoms with van der Waals surface area (Å²) < 4.78 is 0. The van der Waals surface area contributed by atoms with E-state index in [1.54, 1.807) is 0 Å². The van der Waals surface area contributed by atoms with Gasteiger partial charge >= 0.3 is 0 Å². The highest BCUT2D eigenvalue weighted by Crippen LogP contribution is 2.25. The van der Waals surface area contributed by atoms with E-state index < -0.39 is 0 Å². The zero-order valence-electron chi connectivity index (χ0n) is 12.6. The highest BCUT2D eigenvalue weighted by Gasteiger charge is 2.28. The number of benzene rings is 1. The highest BCUT2D eigenvalue weighted by atomic mass is 15.3. The lowest BCUT2D eigenvalue weighted by atomic mass is 10.1. The number of fused-ring (bicyclic) bond motifs is 1. The Morgan fingerprint density at radius 2 is 1.90 bits per heavy atom. The van der Waals surface area contributed by atoms with Gasteiger partial charge in [-0.2, -0.15) is 0 Å². The van der Waals surface area contributed by atoms with E-state index >= 15 is 0 Å². The van der Waals surface area contributed by atoms with Crippen molar-refractivity contribution in [2.75, 3.05) is 37.6 Å². The first-order chi connectivity index (χ1) is 9.86. The largest absolute Gasteiger partial charge is 0.370 e. The number of hydrogen-bond donors (Lipinski definition) is 1. The van der Waals surface area contributed by atoms with Crippen LogP contribution in [0.3, 0.4) is 0 Å². The van der Waals surface area contributed by atoms with Crippen LogP contribution in [0.5, 0.6) is 0 Å². The number of hydrogen-bond acceptors (Lipinski definition) is 3. The van der Waals surface area contributed by atoms with Gasteiger partial charge in [0.25, 0.3) is 0 Å². The molecule has 1 unspecified atom stereocenters. The van der Waals surface area contributed by atoms with E-state index in [-0.39, 0.29) is 0 Å². The predicted octanol–water partition coefficient (Wildman–Crippen LogP) is 2.47. The van der Waals surface area contributed by atoms with Crippen molar-refractivity contribution in [3.05, 3.63) is 29.8 Å². The maximum atomic E-state index is 3.38. The Balaban J connectivity index is 1.65. The van der Waals surface area contributed by atoms with Gasteiger partial charge in [-0.15, -0.1) is 0 Å². The second-order valence-corrected chi connectivity index (χ2v) is 6.08. The smallest absolute Gasteiger partial charge is 0.0366 e. The molecule has 2 aliphatic rings. The van der Waals surface area contributed by atoms with Gasteiger partial charge in [0.15, 0.2) is 0 Å². The summed E-state index contributed by atoms with van der Waals surface area (Å²) in [6.45, 7) is 9.20. The lowest BCUT2D eigenvalue weighted by Gasteiger charge is -2.27. The van der Waals surface area contributed by atoms with Crippen molar-refractivity contribution < 1.29 is 0 Å². The standard InChI is InChI=1S/C17H27N3/c1-2-18-13-15-6-8-16(9-7-15)20-12-4-11-19-10-3-5-17(19)14-20/h6-9,17-18H,2-5,10-14H2,1H3. The van der Waals surface area contributed by atoms with Crippen molar-refractivity contribution >= 4 is 5.69 Å². The molecule has 2 saturated heterocycles. The molecule has 1 atom stereocenters.